The second kappa shape index (κ2) is 8.11. The third-order valence-electron chi connectivity index (χ3n) is 4.90. The summed E-state index contributed by atoms with van der Waals surface area (Å²) in [6, 6.07) is 7.25. The maximum atomic E-state index is 12.2. The highest BCUT2D eigenvalue weighted by Gasteiger charge is 2.33. The highest BCUT2D eigenvalue weighted by atomic mass is 16.5. The van der Waals surface area contributed by atoms with E-state index in [4.69, 9.17) is 4.74 Å². The van der Waals surface area contributed by atoms with Crippen LogP contribution in [0.15, 0.2) is 36.7 Å². The molecule has 2 aromatic rings. The lowest BCUT2D eigenvalue weighted by Crippen LogP contribution is -2.39. The van der Waals surface area contributed by atoms with Crippen LogP contribution in [0, 0.1) is 5.41 Å². The van der Waals surface area contributed by atoms with Gasteiger partial charge in [0.1, 0.15) is 0 Å². The fraction of sp³-hybridized carbons (Fsp3) is 0.500. The van der Waals surface area contributed by atoms with E-state index in [9.17, 15) is 4.79 Å². The van der Waals surface area contributed by atoms with Crippen LogP contribution in [0.4, 0.5) is 10.5 Å². The molecule has 7 nitrogen and oxygen atoms in total. The van der Waals surface area contributed by atoms with Gasteiger partial charge in [0, 0.05) is 25.9 Å². The first-order valence-electron chi connectivity index (χ1n) is 8.71. The van der Waals surface area contributed by atoms with Crippen molar-refractivity contribution in [3.05, 3.63) is 36.7 Å². The number of aromatic nitrogens is 3. The van der Waals surface area contributed by atoms with Crippen molar-refractivity contribution in [1.29, 1.82) is 0 Å². The summed E-state index contributed by atoms with van der Waals surface area (Å²) >= 11 is 0. The molecule has 1 aromatic heterocycles. The Labute approximate surface area is 147 Å². The minimum atomic E-state index is -0.173. The molecular formula is C18H25N5O2. The monoisotopic (exact) mass is 343 g/mol. The van der Waals surface area contributed by atoms with Gasteiger partial charge in [-0.15, -0.1) is 0 Å². The van der Waals surface area contributed by atoms with Crippen LogP contribution in [0.2, 0.25) is 0 Å². The van der Waals surface area contributed by atoms with Gasteiger partial charge in [0.25, 0.3) is 0 Å². The Balaban J connectivity index is 1.52. The quantitative estimate of drug-likeness (QED) is 0.810. The predicted octanol–water partition coefficient (Wildman–Crippen LogP) is 2.99. The summed E-state index contributed by atoms with van der Waals surface area (Å²) in [5.74, 6) is 0. The number of carbonyl (C=O) groups is 1. The summed E-state index contributed by atoms with van der Waals surface area (Å²) in [6.45, 7) is 1.43. The number of benzene rings is 1. The normalized spacial score (nSPS) is 15.9. The van der Waals surface area contributed by atoms with E-state index in [1.807, 2.05) is 24.3 Å². The van der Waals surface area contributed by atoms with Crippen LogP contribution in [0.25, 0.3) is 5.69 Å². The summed E-state index contributed by atoms with van der Waals surface area (Å²) in [5, 5.41) is 14.1. The van der Waals surface area contributed by atoms with Crippen molar-refractivity contribution in [1.82, 2.24) is 20.3 Å². The van der Waals surface area contributed by atoms with E-state index in [0.717, 1.165) is 37.2 Å². The largest absolute Gasteiger partial charge is 0.385 e. The summed E-state index contributed by atoms with van der Waals surface area (Å²) in [4.78, 5) is 13.7. The van der Waals surface area contributed by atoms with Crippen molar-refractivity contribution in [3.63, 3.8) is 0 Å². The van der Waals surface area contributed by atoms with E-state index in [0.29, 0.717) is 6.54 Å². The second-order valence-corrected chi connectivity index (χ2v) is 6.62. The van der Waals surface area contributed by atoms with Gasteiger partial charge in [0.05, 0.1) is 18.1 Å². The molecule has 3 rings (SSSR count). The van der Waals surface area contributed by atoms with Gasteiger partial charge in [0.2, 0.25) is 0 Å². The summed E-state index contributed by atoms with van der Waals surface area (Å²) in [7, 11) is 1.73. The fourth-order valence-corrected chi connectivity index (χ4v) is 3.43. The molecule has 1 aromatic carbocycles. The topological polar surface area (TPSA) is 81.1 Å². The highest BCUT2D eigenvalue weighted by molar-refractivity contribution is 5.89. The number of nitrogens with zero attached hydrogens (tertiary/aromatic N) is 3. The van der Waals surface area contributed by atoms with Crippen LogP contribution in [-0.2, 0) is 4.74 Å². The predicted molar refractivity (Wildman–Crippen MR) is 95.8 cm³/mol. The summed E-state index contributed by atoms with van der Waals surface area (Å²) in [5.41, 5.74) is 1.77. The van der Waals surface area contributed by atoms with Crippen molar-refractivity contribution in [2.75, 3.05) is 25.6 Å². The first kappa shape index (κ1) is 17.4. The van der Waals surface area contributed by atoms with E-state index in [1.165, 1.54) is 17.6 Å². The Morgan fingerprint density at radius 2 is 1.88 bits per heavy atom. The van der Waals surface area contributed by atoms with E-state index in [1.54, 1.807) is 19.5 Å². The molecule has 134 valence electrons. The molecule has 1 fully saturated rings. The van der Waals surface area contributed by atoms with Crippen LogP contribution in [0.1, 0.15) is 32.1 Å². The average molecular weight is 343 g/mol. The van der Waals surface area contributed by atoms with Gasteiger partial charge in [-0.1, -0.05) is 12.8 Å². The van der Waals surface area contributed by atoms with Crippen LogP contribution < -0.4 is 10.6 Å². The van der Waals surface area contributed by atoms with E-state index < -0.39 is 0 Å². The van der Waals surface area contributed by atoms with Gasteiger partial charge in [-0.3, -0.25) is 0 Å². The summed E-state index contributed by atoms with van der Waals surface area (Å²) in [6.07, 6.45) is 9.02. The molecule has 0 saturated heterocycles. The van der Waals surface area contributed by atoms with Gasteiger partial charge in [-0.05, 0) is 48.9 Å². The molecular weight excluding hydrogens is 318 g/mol. The van der Waals surface area contributed by atoms with Gasteiger partial charge in [-0.25, -0.2) is 4.79 Å². The Bertz CT molecular complexity index is 663. The van der Waals surface area contributed by atoms with Crippen molar-refractivity contribution in [2.45, 2.75) is 32.1 Å². The van der Waals surface area contributed by atoms with E-state index >= 15 is 0 Å². The first-order chi connectivity index (χ1) is 12.2. The lowest BCUT2D eigenvalue weighted by Gasteiger charge is -2.29. The lowest BCUT2D eigenvalue weighted by molar-refractivity contribution is 0.136. The van der Waals surface area contributed by atoms with Crippen molar-refractivity contribution in [2.24, 2.45) is 5.41 Å². The number of hydrogen-bond donors (Lipinski definition) is 2. The third kappa shape index (κ3) is 4.57. The standard InChI is InChI=1S/C18H25N5O2/c1-25-13-10-18(8-2-3-9-18)14-19-17(24)22-15-4-6-16(7-5-15)23-20-11-12-21-23/h4-7,11-12H,2-3,8-10,13-14H2,1H3,(H2,19,22,24). The first-order valence-corrected chi connectivity index (χ1v) is 8.71. The molecule has 1 heterocycles. The molecule has 2 N–H and O–H groups in total. The Morgan fingerprint density at radius 1 is 1.20 bits per heavy atom. The zero-order chi connectivity index (χ0) is 17.5. The fourth-order valence-electron chi connectivity index (χ4n) is 3.43. The SMILES string of the molecule is COCCC1(CNC(=O)Nc2ccc(-n3nccn3)cc2)CCCC1. The van der Waals surface area contributed by atoms with Gasteiger partial charge in [0.15, 0.2) is 0 Å². The third-order valence-corrected chi connectivity index (χ3v) is 4.90. The average Bonchev–Trinajstić information content (AvgIpc) is 3.32. The molecule has 0 bridgehead atoms. The molecule has 1 aliphatic rings. The van der Waals surface area contributed by atoms with Gasteiger partial charge < -0.3 is 15.4 Å². The van der Waals surface area contributed by atoms with Crippen molar-refractivity contribution in [3.8, 4) is 5.69 Å². The van der Waals surface area contributed by atoms with Gasteiger partial charge >= 0.3 is 6.03 Å². The number of nitrogens with one attached hydrogen (secondary N) is 2. The zero-order valence-corrected chi connectivity index (χ0v) is 14.6. The molecule has 2 amide bonds. The highest BCUT2D eigenvalue weighted by Crippen LogP contribution is 2.40. The number of rotatable bonds is 7. The molecule has 1 aliphatic carbocycles. The molecule has 0 radical (unpaired) electrons. The number of anilines is 1. The number of amides is 2. The number of ether oxygens (including phenoxy) is 1. The van der Waals surface area contributed by atoms with Crippen molar-refractivity contribution >= 4 is 11.7 Å². The van der Waals surface area contributed by atoms with Gasteiger partial charge in [-0.2, -0.15) is 15.0 Å². The minimum Gasteiger partial charge on any atom is -0.385 e. The summed E-state index contributed by atoms with van der Waals surface area (Å²) < 4.78 is 5.23. The molecule has 25 heavy (non-hydrogen) atoms. The Hall–Kier alpha value is -2.41. The van der Waals surface area contributed by atoms with E-state index in [-0.39, 0.29) is 11.4 Å². The number of methoxy groups -OCH3 is 1. The maximum absolute atomic E-state index is 12.2. The molecule has 0 spiro atoms. The molecule has 1 saturated carbocycles. The van der Waals surface area contributed by atoms with Crippen LogP contribution in [0.3, 0.4) is 0 Å². The number of hydrogen-bond acceptors (Lipinski definition) is 4. The van der Waals surface area contributed by atoms with E-state index in [2.05, 4.69) is 20.8 Å². The smallest absolute Gasteiger partial charge is 0.319 e. The molecule has 0 atom stereocenters. The van der Waals surface area contributed by atoms with Crippen LogP contribution >= 0.6 is 0 Å². The maximum Gasteiger partial charge on any atom is 0.319 e. The lowest BCUT2D eigenvalue weighted by atomic mass is 9.83. The molecule has 0 aliphatic heterocycles. The minimum absolute atomic E-state index is 0.173. The number of carbonyl (C=O) groups excluding carboxylic acids is 1. The molecule has 0 unspecified atom stereocenters. The second-order valence-electron chi connectivity index (χ2n) is 6.62. The van der Waals surface area contributed by atoms with Crippen LogP contribution in [0.5, 0.6) is 0 Å². The van der Waals surface area contributed by atoms with Crippen molar-refractivity contribution < 1.29 is 9.53 Å². The van der Waals surface area contributed by atoms with Crippen LogP contribution in [-0.4, -0.2) is 41.3 Å². The number of urea groups is 1. The molecule has 7 heteroatoms. The zero-order valence-electron chi connectivity index (χ0n) is 14.6. The Morgan fingerprint density at radius 3 is 2.52 bits per heavy atom. The Kier molecular flexibility index (Phi) is 5.65.